The van der Waals surface area contributed by atoms with E-state index in [-0.39, 0.29) is 11.7 Å². The highest BCUT2D eigenvalue weighted by molar-refractivity contribution is 6.31. The molecule has 4 heteroatoms. The number of hydrogen-bond donors (Lipinski definition) is 1. The predicted molar refractivity (Wildman–Crippen MR) is 80.6 cm³/mol. The van der Waals surface area contributed by atoms with Crippen LogP contribution in [0.4, 0.5) is 5.69 Å². The summed E-state index contributed by atoms with van der Waals surface area (Å²) in [5, 5.41) is 3.36. The molecule has 0 aliphatic rings. The Morgan fingerprint density at radius 1 is 1.05 bits per heavy atom. The zero-order valence-corrected chi connectivity index (χ0v) is 12.0. The number of halogens is 1. The SMILES string of the molecule is CC(=O)c1cccc(C(=O)Nc2cc(Cl)ccc2C)c1. The largest absolute Gasteiger partial charge is 0.322 e. The molecule has 0 spiro atoms. The number of nitrogens with one attached hydrogen (secondary N) is 1. The number of amides is 1. The van der Waals surface area contributed by atoms with E-state index in [1.807, 2.05) is 13.0 Å². The van der Waals surface area contributed by atoms with Gasteiger partial charge in [-0.1, -0.05) is 29.8 Å². The Labute approximate surface area is 122 Å². The molecule has 0 aliphatic carbocycles. The summed E-state index contributed by atoms with van der Waals surface area (Å²) in [4.78, 5) is 23.5. The summed E-state index contributed by atoms with van der Waals surface area (Å²) in [5.41, 5.74) is 2.54. The first-order chi connectivity index (χ1) is 9.47. The lowest BCUT2D eigenvalue weighted by Gasteiger charge is -2.09. The highest BCUT2D eigenvalue weighted by Crippen LogP contribution is 2.21. The maximum absolute atomic E-state index is 12.2. The van der Waals surface area contributed by atoms with Crippen molar-refractivity contribution < 1.29 is 9.59 Å². The molecule has 1 N–H and O–H groups in total. The van der Waals surface area contributed by atoms with Gasteiger partial charge in [0.15, 0.2) is 5.78 Å². The van der Waals surface area contributed by atoms with Gasteiger partial charge in [-0.3, -0.25) is 9.59 Å². The van der Waals surface area contributed by atoms with Gasteiger partial charge in [-0.05, 0) is 43.7 Å². The fraction of sp³-hybridized carbons (Fsp3) is 0.125. The van der Waals surface area contributed by atoms with Crippen LogP contribution in [0.3, 0.4) is 0 Å². The number of Topliss-reactive ketones (excluding diaryl/α,β-unsaturated/α-hetero) is 1. The van der Waals surface area contributed by atoms with Gasteiger partial charge in [-0.25, -0.2) is 0 Å². The van der Waals surface area contributed by atoms with Crippen LogP contribution in [0, 0.1) is 6.92 Å². The van der Waals surface area contributed by atoms with Crippen molar-refractivity contribution >= 4 is 29.0 Å². The zero-order chi connectivity index (χ0) is 14.7. The topological polar surface area (TPSA) is 46.2 Å². The summed E-state index contributed by atoms with van der Waals surface area (Å²) < 4.78 is 0. The molecule has 0 atom stereocenters. The van der Waals surface area contributed by atoms with Crippen molar-refractivity contribution in [1.29, 1.82) is 0 Å². The fourth-order valence-electron chi connectivity index (χ4n) is 1.80. The Balaban J connectivity index is 2.26. The van der Waals surface area contributed by atoms with Crippen LogP contribution in [0.5, 0.6) is 0 Å². The van der Waals surface area contributed by atoms with Gasteiger partial charge in [0, 0.05) is 21.8 Å². The predicted octanol–water partition coefficient (Wildman–Crippen LogP) is 4.10. The minimum atomic E-state index is -0.265. The summed E-state index contributed by atoms with van der Waals surface area (Å²) in [7, 11) is 0. The molecule has 0 fully saturated rings. The molecule has 2 rings (SSSR count). The minimum absolute atomic E-state index is 0.0708. The number of aryl methyl sites for hydroxylation is 1. The molecule has 20 heavy (non-hydrogen) atoms. The van der Waals surface area contributed by atoms with E-state index in [9.17, 15) is 9.59 Å². The van der Waals surface area contributed by atoms with Gasteiger partial charge in [0.1, 0.15) is 0 Å². The maximum atomic E-state index is 12.2. The van der Waals surface area contributed by atoms with E-state index in [0.29, 0.717) is 21.8 Å². The zero-order valence-electron chi connectivity index (χ0n) is 11.2. The Kier molecular flexibility index (Phi) is 4.20. The van der Waals surface area contributed by atoms with E-state index in [1.165, 1.54) is 6.92 Å². The molecule has 3 nitrogen and oxygen atoms in total. The molecule has 0 heterocycles. The summed E-state index contributed by atoms with van der Waals surface area (Å²) in [6.45, 7) is 3.36. The number of carbonyl (C=O) groups excluding carboxylic acids is 2. The number of anilines is 1. The number of ketones is 1. The number of benzene rings is 2. The van der Waals surface area contributed by atoms with Crippen molar-refractivity contribution in [2.45, 2.75) is 13.8 Å². The molecule has 0 saturated carbocycles. The molecule has 0 bridgehead atoms. The smallest absolute Gasteiger partial charge is 0.255 e. The standard InChI is InChI=1S/C16H14ClNO2/c1-10-6-7-14(17)9-15(10)18-16(20)13-5-3-4-12(8-13)11(2)19/h3-9H,1-2H3,(H,18,20). The monoisotopic (exact) mass is 287 g/mol. The molecule has 0 saturated heterocycles. The van der Waals surface area contributed by atoms with Gasteiger partial charge in [0.05, 0.1) is 0 Å². The highest BCUT2D eigenvalue weighted by atomic mass is 35.5. The van der Waals surface area contributed by atoms with Crippen molar-refractivity contribution in [2.24, 2.45) is 0 Å². The lowest BCUT2D eigenvalue weighted by Crippen LogP contribution is -2.13. The molecule has 0 radical (unpaired) electrons. The van der Waals surface area contributed by atoms with Gasteiger partial charge in [-0.15, -0.1) is 0 Å². The maximum Gasteiger partial charge on any atom is 0.255 e. The van der Waals surface area contributed by atoms with Crippen molar-refractivity contribution in [3.8, 4) is 0 Å². The highest BCUT2D eigenvalue weighted by Gasteiger charge is 2.10. The van der Waals surface area contributed by atoms with E-state index in [0.717, 1.165) is 5.56 Å². The average Bonchev–Trinajstić information content (AvgIpc) is 2.43. The van der Waals surface area contributed by atoms with Gasteiger partial charge >= 0.3 is 0 Å². The molecule has 0 unspecified atom stereocenters. The second-order valence-electron chi connectivity index (χ2n) is 4.55. The summed E-state index contributed by atoms with van der Waals surface area (Å²) in [5.74, 6) is -0.336. The second-order valence-corrected chi connectivity index (χ2v) is 4.99. The van der Waals surface area contributed by atoms with E-state index in [4.69, 9.17) is 11.6 Å². The first-order valence-corrected chi connectivity index (χ1v) is 6.53. The average molecular weight is 288 g/mol. The van der Waals surface area contributed by atoms with Gasteiger partial charge in [0.25, 0.3) is 5.91 Å². The van der Waals surface area contributed by atoms with Crippen molar-refractivity contribution in [3.05, 3.63) is 64.2 Å². The fourth-order valence-corrected chi connectivity index (χ4v) is 1.97. The third-order valence-corrected chi connectivity index (χ3v) is 3.21. The van der Waals surface area contributed by atoms with Crippen molar-refractivity contribution in [1.82, 2.24) is 0 Å². The molecule has 0 aliphatic heterocycles. The molecular weight excluding hydrogens is 274 g/mol. The quantitative estimate of drug-likeness (QED) is 0.864. The molecule has 2 aromatic carbocycles. The third-order valence-electron chi connectivity index (χ3n) is 2.98. The normalized spacial score (nSPS) is 10.2. The molecule has 2 aromatic rings. The minimum Gasteiger partial charge on any atom is -0.322 e. The Morgan fingerprint density at radius 2 is 1.75 bits per heavy atom. The van der Waals surface area contributed by atoms with Gasteiger partial charge in [-0.2, -0.15) is 0 Å². The van der Waals surface area contributed by atoms with Crippen LogP contribution in [0.15, 0.2) is 42.5 Å². The molecule has 1 amide bonds. The van der Waals surface area contributed by atoms with Crippen LogP contribution in [-0.2, 0) is 0 Å². The Morgan fingerprint density at radius 3 is 2.45 bits per heavy atom. The lowest BCUT2D eigenvalue weighted by atomic mass is 10.1. The van der Waals surface area contributed by atoms with E-state index >= 15 is 0 Å². The van der Waals surface area contributed by atoms with E-state index in [2.05, 4.69) is 5.32 Å². The first-order valence-electron chi connectivity index (χ1n) is 6.16. The number of hydrogen-bond acceptors (Lipinski definition) is 2. The summed E-state index contributed by atoms with van der Waals surface area (Å²) in [6, 6.07) is 11.9. The Bertz CT molecular complexity index is 680. The molecule has 0 aromatic heterocycles. The number of rotatable bonds is 3. The van der Waals surface area contributed by atoms with Crippen molar-refractivity contribution in [2.75, 3.05) is 5.32 Å². The van der Waals surface area contributed by atoms with Crippen LogP contribution >= 0.6 is 11.6 Å². The lowest BCUT2D eigenvalue weighted by molar-refractivity contribution is 0.101. The van der Waals surface area contributed by atoms with Crippen molar-refractivity contribution in [3.63, 3.8) is 0 Å². The molecule has 102 valence electrons. The molecular formula is C16H14ClNO2. The van der Waals surface area contributed by atoms with Crippen LogP contribution in [0.2, 0.25) is 5.02 Å². The van der Waals surface area contributed by atoms with Gasteiger partial charge < -0.3 is 5.32 Å². The third kappa shape index (κ3) is 3.25. The van der Waals surface area contributed by atoms with Gasteiger partial charge in [0.2, 0.25) is 0 Å². The van der Waals surface area contributed by atoms with Crippen LogP contribution in [0.1, 0.15) is 33.2 Å². The van der Waals surface area contributed by atoms with Crippen LogP contribution < -0.4 is 5.32 Å². The second kappa shape index (κ2) is 5.88. The Hall–Kier alpha value is -2.13. The van der Waals surface area contributed by atoms with Crippen LogP contribution in [0.25, 0.3) is 0 Å². The van der Waals surface area contributed by atoms with E-state index < -0.39 is 0 Å². The number of carbonyl (C=O) groups is 2. The van der Waals surface area contributed by atoms with Crippen LogP contribution in [-0.4, -0.2) is 11.7 Å². The summed E-state index contributed by atoms with van der Waals surface area (Å²) in [6.07, 6.45) is 0. The summed E-state index contributed by atoms with van der Waals surface area (Å²) >= 11 is 5.92. The van der Waals surface area contributed by atoms with E-state index in [1.54, 1.807) is 36.4 Å². The first kappa shape index (κ1) is 14.3.